The van der Waals surface area contributed by atoms with E-state index in [0.29, 0.717) is 6.42 Å². The Labute approximate surface area is 142 Å². The Bertz CT molecular complexity index is 579. The van der Waals surface area contributed by atoms with Gasteiger partial charge in [0.25, 0.3) is 0 Å². The maximum Gasteiger partial charge on any atom is 0.164 e. The second kappa shape index (κ2) is 8.42. The van der Waals surface area contributed by atoms with Crippen LogP contribution in [0.1, 0.15) is 36.8 Å². The van der Waals surface area contributed by atoms with Crippen LogP contribution in [0.25, 0.3) is 0 Å². The minimum Gasteiger partial charge on any atom is -0.493 e. The van der Waals surface area contributed by atoms with E-state index in [2.05, 4.69) is 50.2 Å². The number of ether oxygens (including phenoxy) is 2. The van der Waals surface area contributed by atoms with Gasteiger partial charge in [-0.2, -0.15) is 0 Å². The van der Waals surface area contributed by atoms with Crippen molar-refractivity contribution < 1.29 is 14.6 Å². The minimum atomic E-state index is -1.43. The van der Waals surface area contributed by atoms with Crippen molar-refractivity contribution in [2.75, 3.05) is 14.2 Å². The van der Waals surface area contributed by atoms with Crippen LogP contribution in [-0.2, 0) is 0 Å². The van der Waals surface area contributed by atoms with Crippen molar-refractivity contribution >= 4 is 8.07 Å². The average Bonchev–Trinajstić information content (AvgIpc) is 2.49. The van der Waals surface area contributed by atoms with Crippen LogP contribution in [0.5, 0.6) is 11.5 Å². The molecule has 1 rings (SSSR count). The fourth-order valence-electron chi connectivity index (χ4n) is 2.46. The molecule has 0 saturated heterocycles. The highest BCUT2D eigenvalue weighted by atomic mass is 28.3. The first-order valence-electron chi connectivity index (χ1n) is 8.11. The molecule has 0 heterocycles. The summed E-state index contributed by atoms with van der Waals surface area (Å²) in [6.07, 6.45) is 0.963. The number of hydrogen-bond acceptors (Lipinski definition) is 3. The van der Waals surface area contributed by atoms with Crippen LogP contribution in [0.3, 0.4) is 0 Å². The first-order valence-corrected chi connectivity index (χ1v) is 11.6. The summed E-state index contributed by atoms with van der Waals surface area (Å²) < 4.78 is 11.0. The second-order valence-electron chi connectivity index (χ2n) is 7.05. The molecular weight excluding hydrogens is 304 g/mol. The van der Waals surface area contributed by atoms with E-state index >= 15 is 0 Å². The Morgan fingerprint density at radius 3 is 2.22 bits per heavy atom. The van der Waals surface area contributed by atoms with Gasteiger partial charge < -0.3 is 14.6 Å². The number of benzene rings is 1. The molecule has 0 spiro atoms. The lowest BCUT2D eigenvalue weighted by Gasteiger charge is -2.19. The highest BCUT2D eigenvalue weighted by Crippen LogP contribution is 2.39. The Kier molecular flexibility index (Phi) is 7.18. The lowest BCUT2D eigenvalue weighted by atomic mass is 9.93. The molecule has 0 bridgehead atoms. The molecule has 1 aromatic carbocycles. The van der Waals surface area contributed by atoms with Crippen molar-refractivity contribution in [3.8, 4) is 23.0 Å². The van der Waals surface area contributed by atoms with E-state index in [4.69, 9.17) is 9.47 Å². The summed E-state index contributed by atoms with van der Waals surface area (Å²) in [4.78, 5) is 0. The molecule has 0 aliphatic rings. The summed E-state index contributed by atoms with van der Waals surface area (Å²) in [5.74, 6) is 4.85. The van der Waals surface area contributed by atoms with Gasteiger partial charge in [0.05, 0.1) is 14.2 Å². The van der Waals surface area contributed by atoms with Gasteiger partial charge >= 0.3 is 0 Å². The van der Waals surface area contributed by atoms with E-state index in [9.17, 15) is 5.11 Å². The fraction of sp³-hybridized carbons (Fsp3) is 0.579. The molecule has 128 valence electrons. The number of rotatable bonds is 6. The molecule has 0 saturated carbocycles. The summed E-state index contributed by atoms with van der Waals surface area (Å²) in [5.41, 5.74) is 5.40. The van der Waals surface area contributed by atoms with Gasteiger partial charge in [-0.15, -0.1) is 5.54 Å². The van der Waals surface area contributed by atoms with Crippen LogP contribution in [0.2, 0.25) is 19.6 Å². The zero-order valence-corrected chi connectivity index (χ0v) is 16.5. The van der Waals surface area contributed by atoms with Crippen molar-refractivity contribution in [2.45, 2.75) is 58.4 Å². The molecule has 0 fully saturated rings. The molecule has 23 heavy (non-hydrogen) atoms. The van der Waals surface area contributed by atoms with Gasteiger partial charge in [0, 0.05) is 5.56 Å². The SMILES string of the molecule is COc1c(C)ccc([C@@H](C)CCC(O)C#C[Si](C)(C)C)c1OC. The lowest BCUT2D eigenvalue weighted by Crippen LogP contribution is -2.18. The molecule has 1 N–H and O–H groups in total. The number of hydrogen-bond donors (Lipinski definition) is 1. The van der Waals surface area contributed by atoms with Crippen LogP contribution in [0.4, 0.5) is 0 Å². The molecule has 0 aromatic heterocycles. The summed E-state index contributed by atoms with van der Waals surface area (Å²) in [6, 6.07) is 4.14. The highest BCUT2D eigenvalue weighted by Gasteiger charge is 2.18. The Hall–Kier alpha value is -1.44. The molecule has 1 aromatic rings. The van der Waals surface area contributed by atoms with Crippen LogP contribution < -0.4 is 9.47 Å². The molecule has 0 aliphatic heterocycles. The molecule has 0 radical (unpaired) electrons. The van der Waals surface area contributed by atoms with E-state index in [-0.39, 0.29) is 5.92 Å². The smallest absolute Gasteiger partial charge is 0.164 e. The first-order chi connectivity index (χ1) is 10.7. The normalized spacial score (nSPS) is 13.7. The quantitative estimate of drug-likeness (QED) is 0.628. The van der Waals surface area contributed by atoms with Crippen LogP contribution in [0.15, 0.2) is 12.1 Å². The third-order valence-electron chi connectivity index (χ3n) is 3.77. The van der Waals surface area contributed by atoms with Gasteiger partial charge in [-0.3, -0.25) is 0 Å². The van der Waals surface area contributed by atoms with E-state index in [0.717, 1.165) is 29.0 Å². The molecule has 0 amide bonds. The highest BCUT2D eigenvalue weighted by molar-refractivity contribution is 6.83. The topological polar surface area (TPSA) is 38.7 Å². The molecule has 0 aliphatic carbocycles. The standard InChI is InChI=1S/C19H30O3Si/c1-14(8-10-16(20)12-13-23(5,6)7)17-11-9-15(2)18(21-3)19(17)22-4/h9,11,14,16,20H,8,10H2,1-7H3/t14-,16?/m0/s1. The van der Waals surface area contributed by atoms with Gasteiger partial charge in [-0.1, -0.05) is 44.6 Å². The van der Waals surface area contributed by atoms with E-state index in [1.807, 2.05) is 6.92 Å². The van der Waals surface area contributed by atoms with E-state index in [1.165, 1.54) is 0 Å². The zero-order chi connectivity index (χ0) is 17.6. The fourth-order valence-corrected chi connectivity index (χ4v) is 3.06. The van der Waals surface area contributed by atoms with Crippen molar-refractivity contribution in [3.63, 3.8) is 0 Å². The monoisotopic (exact) mass is 334 g/mol. The van der Waals surface area contributed by atoms with Gasteiger partial charge in [0.1, 0.15) is 14.2 Å². The molecule has 3 nitrogen and oxygen atoms in total. The summed E-state index contributed by atoms with van der Waals surface area (Å²) in [6.45, 7) is 10.7. The van der Waals surface area contributed by atoms with Gasteiger partial charge in [0.2, 0.25) is 0 Å². The summed E-state index contributed by atoms with van der Waals surface area (Å²) in [5, 5.41) is 10.1. The van der Waals surface area contributed by atoms with Gasteiger partial charge in [-0.25, -0.2) is 0 Å². The summed E-state index contributed by atoms with van der Waals surface area (Å²) in [7, 11) is 1.90. The van der Waals surface area contributed by atoms with Gasteiger partial charge in [-0.05, 0) is 31.2 Å². The van der Waals surface area contributed by atoms with E-state index in [1.54, 1.807) is 14.2 Å². The third kappa shape index (κ3) is 5.93. The second-order valence-corrected chi connectivity index (χ2v) is 11.8. The van der Waals surface area contributed by atoms with Crippen molar-refractivity contribution in [3.05, 3.63) is 23.3 Å². The minimum absolute atomic E-state index is 0.266. The predicted octanol–water partition coefficient (Wildman–Crippen LogP) is 4.14. The number of methoxy groups -OCH3 is 2. The number of aryl methyl sites for hydroxylation is 1. The molecular formula is C19H30O3Si. The maximum atomic E-state index is 10.1. The molecule has 4 heteroatoms. The maximum absolute atomic E-state index is 10.1. The molecule has 2 atom stereocenters. The summed E-state index contributed by atoms with van der Waals surface area (Å²) >= 11 is 0. The van der Waals surface area contributed by atoms with Gasteiger partial charge in [0.15, 0.2) is 11.5 Å². The molecule has 1 unspecified atom stereocenters. The van der Waals surface area contributed by atoms with Crippen LogP contribution in [-0.4, -0.2) is 33.5 Å². The number of aliphatic hydroxyl groups excluding tert-OH is 1. The average molecular weight is 335 g/mol. The third-order valence-corrected chi connectivity index (χ3v) is 4.66. The van der Waals surface area contributed by atoms with Crippen molar-refractivity contribution in [1.82, 2.24) is 0 Å². The Morgan fingerprint density at radius 2 is 1.70 bits per heavy atom. The van der Waals surface area contributed by atoms with Crippen LogP contribution in [0, 0.1) is 18.4 Å². The predicted molar refractivity (Wildman–Crippen MR) is 99.1 cm³/mol. The van der Waals surface area contributed by atoms with E-state index < -0.39 is 14.2 Å². The first kappa shape index (κ1) is 19.6. The lowest BCUT2D eigenvalue weighted by molar-refractivity contribution is 0.215. The number of aliphatic hydroxyl groups is 1. The van der Waals surface area contributed by atoms with Crippen molar-refractivity contribution in [2.24, 2.45) is 0 Å². The van der Waals surface area contributed by atoms with Crippen LogP contribution >= 0.6 is 0 Å². The van der Waals surface area contributed by atoms with Crippen molar-refractivity contribution in [1.29, 1.82) is 0 Å². The largest absolute Gasteiger partial charge is 0.493 e. The Morgan fingerprint density at radius 1 is 1.09 bits per heavy atom. The Balaban J connectivity index is 2.82. The zero-order valence-electron chi connectivity index (χ0n) is 15.5.